The van der Waals surface area contributed by atoms with Crippen molar-refractivity contribution in [3.05, 3.63) is 11.8 Å². The summed E-state index contributed by atoms with van der Waals surface area (Å²) in [6.07, 6.45) is 4.28. The molecule has 0 spiro atoms. The molecule has 4 heteroatoms. The zero-order valence-corrected chi connectivity index (χ0v) is 9.54. The molecule has 0 radical (unpaired) electrons. The molecule has 0 saturated carbocycles. The number of ether oxygens (including phenoxy) is 2. The van der Waals surface area contributed by atoms with Crippen LogP contribution in [0.4, 0.5) is 0 Å². The standard InChI is InChI=1S/C11H18O4/c1-4-6-7-8-10(15-9(3)12)11(13)14-5-2/h8H,4-7H2,1-3H3/b10-8+. The third kappa shape index (κ3) is 6.71. The van der Waals surface area contributed by atoms with Crippen LogP contribution in [-0.2, 0) is 19.1 Å². The highest BCUT2D eigenvalue weighted by Crippen LogP contribution is 2.06. The molecule has 0 rings (SSSR count). The van der Waals surface area contributed by atoms with Crippen molar-refractivity contribution in [2.75, 3.05) is 6.61 Å². The van der Waals surface area contributed by atoms with Crippen LogP contribution in [0.15, 0.2) is 11.8 Å². The fraction of sp³-hybridized carbons (Fsp3) is 0.636. The molecule has 0 heterocycles. The average Bonchev–Trinajstić information content (AvgIpc) is 2.16. The molecule has 0 aliphatic carbocycles. The summed E-state index contributed by atoms with van der Waals surface area (Å²) < 4.78 is 9.51. The van der Waals surface area contributed by atoms with Gasteiger partial charge in [0.15, 0.2) is 0 Å². The zero-order valence-electron chi connectivity index (χ0n) is 9.54. The lowest BCUT2D eigenvalue weighted by molar-refractivity contribution is -0.150. The maximum atomic E-state index is 11.3. The molecule has 0 amide bonds. The number of carbonyl (C=O) groups is 2. The molecule has 0 bridgehead atoms. The lowest BCUT2D eigenvalue weighted by Gasteiger charge is -2.05. The summed E-state index contributed by atoms with van der Waals surface area (Å²) >= 11 is 0. The van der Waals surface area contributed by atoms with E-state index in [-0.39, 0.29) is 12.4 Å². The van der Waals surface area contributed by atoms with E-state index in [1.807, 2.05) is 6.92 Å². The fourth-order valence-corrected chi connectivity index (χ4v) is 0.961. The van der Waals surface area contributed by atoms with Crippen molar-refractivity contribution >= 4 is 11.9 Å². The van der Waals surface area contributed by atoms with Gasteiger partial charge in [-0.2, -0.15) is 0 Å². The lowest BCUT2D eigenvalue weighted by atomic mass is 10.2. The number of carbonyl (C=O) groups excluding carboxylic acids is 2. The van der Waals surface area contributed by atoms with Crippen molar-refractivity contribution in [2.24, 2.45) is 0 Å². The smallest absolute Gasteiger partial charge is 0.374 e. The van der Waals surface area contributed by atoms with E-state index in [0.29, 0.717) is 6.42 Å². The molecule has 0 saturated heterocycles. The number of unbranched alkanes of at least 4 members (excludes halogenated alkanes) is 2. The molecule has 0 unspecified atom stereocenters. The van der Waals surface area contributed by atoms with Gasteiger partial charge in [-0.25, -0.2) is 4.79 Å². The van der Waals surface area contributed by atoms with Crippen LogP contribution in [0.2, 0.25) is 0 Å². The van der Waals surface area contributed by atoms with Crippen molar-refractivity contribution in [3.8, 4) is 0 Å². The van der Waals surface area contributed by atoms with Crippen LogP contribution < -0.4 is 0 Å². The second-order valence-electron chi connectivity index (χ2n) is 3.02. The Bertz CT molecular complexity index is 243. The largest absolute Gasteiger partial charge is 0.460 e. The molecular weight excluding hydrogens is 196 g/mol. The summed E-state index contributed by atoms with van der Waals surface area (Å²) in [6.45, 7) is 5.27. The SMILES string of the molecule is CCCC/C=C(/OC(C)=O)C(=O)OCC. The van der Waals surface area contributed by atoms with E-state index in [1.165, 1.54) is 6.92 Å². The predicted octanol–water partition coefficient (Wildman–Crippen LogP) is 2.19. The normalized spacial score (nSPS) is 11.0. The van der Waals surface area contributed by atoms with Gasteiger partial charge in [-0.15, -0.1) is 0 Å². The van der Waals surface area contributed by atoms with E-state index >= 15 is 0 Å². The quantitative estimate of drug-likeness (QED) is 0.294. The Morgan fingerprint density at radius 1 is 1.27 bits per heavy atom. The minimum Gasteiger partial charge on any atom is -0.460 e. The van der Waals surface area contributed by atoms with Gasteiger partial charge in [0.2, 0.25) is 5.76 Å². The Labute approximate surface area is 90.2 Å². The lowest BCUT2D eigenvalue weighted by Crippen LogP contribution is -2.13. The van der Waals surface area contributed by atoms with Crippen LogP contribution in [-0.4, -0.2) is 18.5 Å². The topological polar surface area (TPSA) is 52.6 Å². The van der Waals surface area contributed by atoms with Gasteiger partial charge in [-0.3, -0.25) is 4.79 Å². The van der Waals surface area contributed by atoms with Crippen molar-refractivity contribution in [2.45, 2.75) is 40.0 Å². The van der Waals surface area contributed by atoms with Gasteiger partial charge in [0, 0.05) is 6.92 Å². The molecule has 15 heavy (non-hydrogen) atoms. The van der Waals surface area contributed by atoms with Crippen LogP contribution in [0.25, 0.3) is 0 Å². The van der Waals surface area contributed by atoms with Gasteiger partial charge < -0.3 is 9.47 Å². The summed E-state index contributed by atoms with van der Waals surface area (Å²) in [5.41, 5.74) is 0. The summed E-state index contributed by atoms with van der Waals surface area (Å²) in [5.74, 6) is -1.09. The van der Waals surface area contributed by atoms with Crippen molar-refractivity contribution < 1.29 is 19.1 Å². The molecule has 0 fully saturated rings. The number of esters is 2. The molecule has 0 aromatic carbocycles. The Morgan fingerprint density at radius 3 is 2.40 bits per heavy atom. The first-order valence-electron chi connectivity index (χ1n) is 5.17. The molecule has 86 valence electrons. The third-order valence-electron chi connectivity index (χ3n) is 1.62. The third-order valence-corrected chi connectivity index (χ3v) is 1.62. The van der Waals surface area contributed by atoms with Gasteiger partial charge in [-0.05, 0) is 25.8 Å². The summed E-state index contributed by atoms with van der Waals surface area (Å²) in [4.78, 5) is 22.0. The van der Waals surface area contributed by atoms with Gasteiger partial charge in [-0.1, -0.05) is 13.3 Å². The Kier molecular flexibility index (Phi) is 7.32. The predicted molar refractivity (Wildman–Crippen MR) is 56.0 cm³/mol. The van der Waals surface area contributed by atoms with Crippen LogP contribution in [0.5, 0.6) is 0 Å². The second kappa shape index (κ2) is 8.03. The molecule has 0 N–H and O–H groups in total. The number of rotatable bonds is 6. The monoisotopic (exact) mass is 214 g/mol. The zero-order chi connectivity index (χ0) is 11.7. The molecular formula is C11H18O4. The van der Waals surface area contributed by atoms with E-state index in [4.69, 9.17) is 9.47 Å². The van der Waals surface area contributed by atoms with E-state index in [0.717, 1.165) is 12.8 Å². The summed E-state index contributed by atoms with van der Waals surface area (Å²) in [6, 6.07) is 0. The highest BCUT2D eigenvalue weighted by Gasteiger charge is 2.13. The molecule has 4 nitrogen and oxygen atoms in total. The molecule has 0 aliphatic rings. The van der Waals surface area contributed by atoms with Gasteiger partial charge in [0.1, 0.15) is 0 Å². The van der Waals surface area contributed by atoms with Crippen molar-refractivity contribution in [3.63, 3.8) is 0 Å². The summed E-state index contributed by atoms with van der Waals surface area (Å²) in [5, 5.41) is 0. The van der Waals surface area contributed by atoms with Crippen LogP contribution in [0.3, 0.4) is 0 Å². The number of allylic oxidation sites excluding steroid dienone is 1. The number of hydrogen-bond donors (Lipinski definition) is 0. The summed E-state index contributed by atoms with van der Waals surface area (Å²) in [7, 11) is 0. The minimum absolute atomic E-state index is 0.00204. The van der Waals surface area contributed by atoms with Crippen molar-refractivity contribution in [1.29, 1.82) is 0 Å². The minimum atomic E-state index is -0.580. The van der Waals surface area contributed by atoms with E-state index < -0.39 is 11.9 Å². The van der Waals surface area contributed by atoms with Gasteiger partial charge >= 0.3 is 11.9 Å². The van der Waals surface area contributed by atoms with E-state index in [2.05, 4.69) is 0 Å². The molecule has 0 aromatic rings. The highest BCUT2D eigenvalue weighted by atomic mass is 16.6. The maximum Gasteiger partial charge on any atom is 0.374 e. The second-order valence-corrected chi connectivity index (χ2v) is 3.02. The van der Waals surface area contributed by atoms with Gasteiger partial charge in [0.25, 0.3) is 0 Å². The highest BCUT2D eigenvalue weighted by molar-refractivity contribution is 5.89. The van der Waals surface area contributed by atoms with Crippen molar-refractivity contribution in [1.82, 2.24) is 0 Å². The fourth-order valence-electron chi connectivity index (χ4n) is 0.961. The van der Waals surface area contributed by atoms with Crippen LogP contribution in [0.1, 0.15) is 40.0 Å². The average molecular weight is 214 g/mol. The first kappa shape index (κ1) is 13.7. The maximum absolute atomic E-state index is 11.3. The van der Waals surface area contributed by atoms with Gasteiger partial charge in [0.05, 0.1) is 6.61 Å². The number of hydrogen-bond acceptors (Lipinski definition) is 4. The molecule has 0 atom stereocenters. The Balaban J connectivity index is 4.35. The first-order valence-corrected chi connectivity index (χ1v) is 5.17. The molecule has 0 aromatic heterocycles. The Morgan fingerprint density at radius 2 is 1.93 bits per heavy atom. The Hall–Kier alpha value is -1.32. The van der Waals surface area contributed by atoms with E-state index in [1.54, 1.807) is 13.0 Å². The van der Waals surface area contributed by atoms with E-state index in [9.17, 15) is 9.59 Å². The van der Waals surface area contributed by atoms with Crippen LogP contribution in [0, 0.1) is 0 Å². The van der Waals surface area contributed by atoms with Crippen LogP contribution >= 0.6 is 0 Å². The first-order chi connectivity index (χ1) is 7.11. The molecule has 0 aliphatic heterocycles.